The summed E-state index contributed by atoms with van der Waals surface area (Å²) in [4.78, 5) is 26.8. The van der Waals surface area contributed by atoms with Crippen LogP contribution in [0.2, 0.25) is 0 Å². The van der Waals surface area contributed by atoms with Gasteiger partial charge in [-0.3, -0.25) is 0 Å². The number of carbonyl (C=O) groups is 2. The van der Waals surface area contributed by atoms with Crippen molar-refractivity contribution in [2.75, 3.05) is 46.1 Å². The largest absolute Gasteiger partial charge is 0.480 e. The number of carboxylic acid groups (broad SMARTS) is 1. The molecule has 0 aromatic carbocycles. The molecule has 1 atom stereocenters. The molecule has 1 heterocycles. The van der Waals surface area contributed by atoms with E-state index in [0.717, 1.165) is 6.42 Å². The van der Waals surface area contributed by atoms with Crippen LogP contribution < -0.4 is 0 Å². The van der Waals surface area contributed by atoms with Gasteiger partial charge in [-0.1, -0.05) is 0 Å². The average Bonchev–Trinajstić information content (AvgIpc) is 2.95. The molecule has 2 amide bonds. The molecule has 0 aliphatic carbocycles. The van der Waals surface area contributed by atoms with Crippen LogP contribution in [0.3, 0.4) is 0 Å². The number of aliphatic carboxylic acids is 1. The maximum absolute atomic E-state index is 12.5. The van der Waals surface area contributed by atoms with Gasteiger partial charge in [-0.2, -0.15) is 0 Å². The Hall–Kier alpha value is -1.34. The van der Waals surface area contributed by atoms with Gasteiger partial charge in [-0.15, -0.1) is 0 Å². The standard InChI is InChI=1S/C14H26N2O5/c1-3-20-10-8-15(9-11-21-4-2)14(19)16-7-5-6-12(16)13(17)18/h12H,3-11H2,1-2H3,(H,17,18). The molecule has 1 rings (SSSR count). The van der Waals surface area contributed by atoms with Crippen LogP contribution in [-0.4, -0.2) is 79.0 Å². The number of amides is 2. The topological polar surface area (TPSA) is 79.3 Å². The van der Waals surface area contributed by atoms with Crippen LogP contribution in [0.25, 0.3) is 0 Å². The Bertz CT molecular complexity index is 327. The number of carbonyl (C=O) groups excluding carboxylic acids is 1. The Labute approximate surface area is 125 Å². The molecule has 7 nitrogen and oxygen atoms in total. The fourth-order valence-corrected chi connectivity index (χ4v) is 2.38. The van der Waals surface area contributed by atoms with Gasteiger partial charge in [0.05, 0.1) is 13.2 Å². The van der Waals surface area contributed by atoms with Crippen LogP contribution >= 0.6 is 0 Å². The molecule has 1 aliphatic rings. The number of rotatable bonds is 9. The van der Waals surface area contributed by atoms with Crippen molar-refractivity contribution in [3.05, 3.63) is 0 Å². The summed E-state index contributed by atoms with van der Waals surface area (Å²) in [5, 5.41) is 9.18. The molecule has 1 fully saturated rings. The molecule has 1 aliphatic heterocycles. The van der Waals surface area contributed by atoms with E-state index in [4.69, 9.17) is 9.47 Å². The highest BCUT2D eigenvalue weighted by molar-refractivity contribution is 5.83. The van der Waals surface area contributed by atoms with Gasteiger partial charge in [0.25, 0.3) is 0 Å². The van der Waals surface area contributed by atoms with Gasteiger partial charge in [0.2, 0.25) is 0 Å². The van der Waals surface area contributed by atoms with E-state index in [1.165, 1.54) is 4.90 Å². The van der Waals surface area contributed by atoms with E-state index in [9.17, 15) is 14.7 Å². The monoisotopic (exact) mass is 302 g/mol. The second-order valence-electron chi connectivity index (χ2n) is 4.85. The molecular weight excluding hydrogens is 276 g/mol. The summed E-state index contributed by atoms with van der Waals surface area (Å²) in [6.45, 7) is 7.26. The first-order valence-electron chi connectivity index (χ1n) is 7.55. The first-order chi connectivity index (χ1) is 10.1. The first-order valence-corrected chi connectivity index (χ1v) is 7.55. The number of nitrogens with zero attached hydrogens (tertiary/aromatic N) is 2. The van der Waals surface area contributed by atoms with Gasteiger partial charge < -0.3 is 24.4 Å². The number of carboxylic acids is 1. The smallest absolute Gasteiger partial charge is 0.326 e. The molecule has 0 radical (unpaired) electrons. The lowest BCUT2D eigenvalue weighted by molar-refractivity contribution is -0.141. The Kier molecular flexibility index (Phi) is 8.07. The third kappa shape index (κ3) is 5.51. The zero-order chi connectivity index (χ0) is 15.7. The quantitative estimate of drug-likeness (QED) is 0.644. The Morgan fingerprint density at radius 2 is 1.76 bits per heavy atom. The molecule has 0 saturated carbocycles. The number of likely N-dealkylation sites (tertiary alicyclic amines) is 1. The molecule has 21 heavy (non-hydrogen) atoms. The van der Waals surface area contributed by atoms with Crippen molar-refractivity contribution in [3.63, 3.8) is 0 Å². The van der Waals surface area contributed by atoms with Crippen molar-refractivity contribution < 1.29 is 24.2 Å². The third-order valence-corrected chi connectivity index (χ3v) is 3.47. The minimum atomic E-state index is -0.935. The average molecular weight is 302 g/mol. The van der Waals surface area contributed by atoms with E-state index in [1.54, 1.807) is 4.90 Å². The summed E-state index contributed by atoms with van der Waals surface area (Å²) in [5.74, 6) is -0.935. The minimum Gasteiger partial charge on any atom is -0.480 e. The lowest BCUT2D eigenvalue weighted by Gasteiger charge is -2.30. The highest BCUT2D eigenvalue weighted by atomic mass is 16.5. The summed E-state index contributed by atoms with van der Waals surface area (Å²) < 4.78 is 10.6. The zero-order valence-corrected chi connectivity index (χ0v) is 12.9. The second-order valence-corrected chi connectivity index (χ2v) is 4.85. The number of hydrogen-bond acceptors (Lipinski definition) is 4. The summed E-state index contributed by atoms with van der Waals surface area (Å²) >= 11 is 0. The first kappa shape index (κ1) is 17.7. The highest BCUT2D eigenvalue weighted by Crippen LogP contribution is 2.19. The van der Waals surface area contributed by atoms with Crippen LogP contribution in [0.1, 0.15) is 26.7 Å². The van der Waals surface area contributed by atoms with Crippen molar-refractivity contribution in [2.45, 2.75) is 32.7 Å². The molecule has 0 spiro atoms. The Morgan fingerprint density at radius 1 is 1.19 bits per heavy atom. The zero-order valence-electron chi connectivity index (χ0n) is 12.9. The van der Waals surface area contributed by atoms with E-state index in [-0.39, 0.29) is 6.03 Å². The van der Waals surface area contributed by atoms with Crippen LogP contribution in [0.5, 0.6) is 0 Å². The second kappa shape index (κ2) is 9.57. The summed E-state index contributed by atoms with van der Waals surface area (Å²) in [7, 11) is 0. The van der Waals surface area contributed by atoms with Crippen LogP contribution in [0.15, 0.2) is 0 Å². The summed E-state index contributed by atoms with van der Waals surface area (Å²) in [6, 6.07) is -0.946. The van der Waals surface area contributed by atoms with E-state index >= 15 is 0 Å². The van der Waals surface area contributed by atoms with E-state index < -0.39 is 12.0 Å². The fourth-order valence-electron chi connectivity index (χ4n) is 2.38. The van der Waals surface area contributed by atoms with Crippen LogP contribution in [-0.2, 0) is 14.3 Å². The predicted octanol–water partition coefficient (Wildman–Crippen LogP) is 1.03. The van der Waals surface area contributed by atoms with E-state index in [2.05, 4.69) is 0 Å². The lowest BCUT2D eigenvalue weighted by Crippen LogP contribution is -2.49. The van der Waals surface area contributed by atoms with Crippen molar-refractivity contribution in [1.29, 1.82) is 0 Å². The Balaban J connectivity index is 2.61. The van der Waals surface area contributed by atoms with Gasteiger partial charge in [-0.25, -0.2) is 9.59 Å². The minimum absolute atomic E-state index is 0.237. The van der Waals surface area contributed by atoms with E-state index in [0.29, 0.717) is 52.5 Å². The normalized spacial score (nSPS) is 18.0. The van der Waals surface area contributed by atoms with Gasteiger partial charge in [0.1, 0.15) is 6.04 Å². The van der Waals surface area contributed by atoms with Gasteiger partial charge >= 0.3 is 12.0 Å². The van der Waals surface area contributed by atoms with Crippen molar-refractivity contribution in [2.24, 2.45) is 0 Å². The lowest BCUT2D eigenvalue weighted by atomic mass is 10.2. The van der Waals surface area contributed by atoms with Gasteiger partial charge in [-0.05, 0) is 26.7 Å². The molecular formula is C14H26N2O5. The number of ether oxygens (including phenoxy) is 2. The molecule has 1 unspecified atom stereocenters. The van der Waals surface area contributed by atoms with Crippen LogP contribution in [0, 0.1) is 0 Å². The van der Waals surface area contributed by atoms with Crippen LogP contribution in [0.4, 0.5) is 4.79 Å². The summed E-state index contributed by atoms with van der Waals surface area (Å²) in [6.07, 6.45) is 1.25. The van der Waals surface area contributed by atoms with Crippen molar-refractivity contribution >= 4 is 12.0 Å². The molecule has 0 aromatic heterocycles. The van der Waals surface area contributed by atoms with Gasteiger partial charge in [0.15, 0.2) is 0 Å². The molecule has 1 saturated heterocycles. The fraction of sp³-hybridized carbons (Fsp3) is 0.857. The molecule has 7 heteroatoms. The maximum Gasteiger partial charge on any atom is 0.326 e. The summed E-state index contributed by atoms with van der Waals surface area (Å²) in [5.41, 5.74) is 0. The Morgan fingerprint density at radius 3 is 2.24 bits per heavy atom. The molecule has 0 bridgehead atoms. The van der Waals surface area contributed by atoms with Gasteiger partial charge in [0, 0.05) is 32.8 Å². The molecule has 122 valence electrons. The van der Waals surface area contributed by atoms with Crippen molar-refractivity contribution in [3.8, 4) is 0 Å². The predicted molar refractivity (Wildman–Crippen MR) is 77.3 cm³/mol. The number of hydrogen-bond donors (Lipinski definition) is 1. The van der Waals surface area contributed by atoms with E-state index in [1.807, 2.05) is 13.8 Å². The molecule has 0 aromatic rings. The highest BCUT2D eigenvalue weighted by Gasteiger charge is 2.36. The SMILES string of the molecule is CCOCCN(CCOCC)C(=O)N1CCCC1C(=O)O. The number of urea groups is 1. The molecule has 1 N–H and O–H groups in total. The van der Waals surface area contributed by atoms with Crippen molar-refractivity contribution in [1.82, 2.24) is 9.80 Å². The third-order valence-electron chi connectivity index (χ3n) is 3.47. The maximum atomic E-state index is 12.5.